The maximum atomic E-state index is 14.4. The average molecular weight is 543 g/mol. The van der Waals surface area contributed by atoms with Crippen molar-refractivity contribution in [2.45, 2.75) is 112 Å². The number of rotatable bonds is 5. The van der Waals surface area contributed by atoms with Crippen LogP contribution in [0.25, 0.3) is 0 Å². The molecule has 5 aliphatic rings. The van der Waals surface area contributed by atoms with Gasteiger partial charge in [-0.2, -0.15) is 0 Å². The Bertz CT molecular complexity index is 1240. The van der Waals surface area contributed by atoms with Crippen molar-refractivity contribution in [3.63, 3.8) is 0 Å². The van der Waals surface area contributed by atoms with Crippen molar-refractivity contribution in [1.82, 2.24) is 9.80 Å². The Morgan fingerprint density at radius 3 is 1.82 bits per heavy atom. The van der Waals surface area contributed by atoms with Crippen LogP contribution in [0.3, 0.4) is 0 Å². The fourth-order valence-electron chi connectivity index (χ4n) is 8.85. The van der Waals surface area contributed by atoms with E-state index >= 15 is 0 Å². The van der Waals surface area contributed by atoms with E-state index < -0.39 is 5.41 Å². The lowest BCUT2D eigenvalue weighted by Gasteiger charge is -2.42. The van der Waals surface area contributed by atoms with Gasteiger partial charge in [0.15, 0.2) is 0 Å². The number of fused-ring (bicyclic) bond motifs is 5. The number of hydrogen-bond acceptors (Lipinski definition) is 6. The van der Waals surface area contributed by atoms with Gasteiger partial charge in [0, 0.05) is 24.2 Å². The van der Waals surface area contributed by atoms with Gasteiger partial charge in [0.1, 0.15) is 17.6 Å². The highest BCUT2D eigenvalue weighted by Crippen LogP contribution is 2.49. The minimum atomic E-state index is -0.927. The third-order valence-electron chi connectivity index (χ3n) is 11.2. The molecule has 6 heteroatoms. The van der Waals surface area contributed by atoms with E-state index in [9.17, 15) is 9.59 Å². The van der Waals surface area contributed by atoms with Crippen LogP contribution < -0.4 is 0 Å². The molecule has 0 spiro atoms. The van der Waals surface area contributed by atoms with Gasteiger partial charge in [-0.25, -0.2) is 0 Å². The zero-order valence-corrected chi connectivity index (χ0v) is 23.8. The van der Waals surface area contributed by atoms with Crippen molar-refractivity contribution in [3.05, 3.63) is 71.3 Å². The van der Waals surface area contributed by atoms with E-state index in [4.69, 9.17) is 9.47 Å². The molecule has 4 heterocycles. The van der Waals surface area contributed by atoms with Gasteiger partial charge in [-0.1, -0.05) is 54.6 Å². The molecule has 2 unspecified atom stereocenters. The predicted molar refractivity (Wildman–Crippen MR) is 153 cm³/mol. The molecule has 4 saturated heterocycles. The molecule has 7 rings (SSSR count). The smallest absolute Gasteiger partial charge is 0.321 e. The second-order valence-electron chi connectivity index (χ2n) is 13.1. The monoisotopic (exact) mass is 542 g/mol. The molecular formula is C34H42N2O4. The molecule has 40 heavy (non-hydrogen) atoms. The van der Waals surface area contributed by atoms with Crippen LogP contribution in [0.1, 0.15) is 86.8 Å². The van der Waals surface area contributed by atoms with Crippen LogP contribution in [0.4, 0.5) is 0 Å². The minimum absolute atomic E-state index is 0.0149. The van der Waals surface area contributed by atoms with E-state index in [1.165, 1.54) is 25.7 Å². The summed E-state index contributed by atoms with van der Waals surface area (Å²) in [5.74, 6) is -0.667. The summed E-state index contributed by atoms with van der Waals surface area (Å²) in [5, 5.41) is 0. The third-order valence-corrected chi connectivity index (χ3v) is 11.2. The van der Waals surface area contributed by atoms with E-state index in [2.05, 4.69) is 23.9 Å². The van der Waals surface area contributed by atoms with Gasteiger partial charge in [-0.3, -0.25) is 9.59 Å². The molecule has 8 atom stereocenters. The molecule has 0 amide bonds. The van der Waals surface area contributed by atoms with Crippen molar-refractivity contribution in [1.29, 1.82) is 0 Å². The summed E-state index contributed by atoms with van der Waals surface area (Å²) in [5.41, 5.74) is 1.84. The van der Waals surface area contributed by atoms with E-state index in [0.717, 1.165) is 42.4 Å². The normalized spacial score (nSPS) is 37.1. The minimum Gasteiger partial charge on any atom is -0.462 e. The first-order valence-electron chi connectivity index (χ1n) is 15.4. The fourth-order valence-corrected chi connectivity index (χ4v) is 8.85. The Morgan fingerprint density at radius 1 is 0.700 bits per heavy atom. The van der Waals surface area contributed by atoms with Crippen LogP contribution in [-0.2, 0) is 24.5 Å². The maximum Gasteiger partial charge on any atom is 0.321 e. The summed E-state index contributed by atoms with van der Waals surface area (Å²) in [6, 6.07) is 20.1. The molecule has 0 radical (unpaired) electrons. The Morgan fingerprint density at radius 2 is 1.23 bits per heavy atom. The Balaban J connectivity index is 1.18. The number of esters is 2. The number of nitrogens with zero attached hydrogens (tertiary/aromatic N) is 2. The molecule has 4 aliphatic heterocycles. The quantitative estimate of drug-likeness (QED) is 0.485. The molecule has 1 aliphatic carbocycles. The van der Waals surface area contributed by atoms with Crippen LogP contribution in [0.15, 0.2) is 54.6 Å². The number of carbonyl (C=O) groups is 2. The molecule has 2 aromatic rings. The van der Waals surface area contributed by atoms with Crippen LogP contribution in [0, 0.1) is 0 Å². The van der Waals surface area contributed by atoms with Gasteiger partial charge in [-0.15, -0.1) is 0 Å². The molecule has 4 bridgehead atoms. The summed E-state index contributed by atoms with van der Waals surface area (Å²) in [6.45, 7) is 0. The van der Waals surface area contributed by atoms with E-state index in [-0.39, 0.29) is 30.1 Å². The highest BCUT2D eigenvalue weighted by molar-refractivity contribution is 5.91. The Labute approximate surface area is 238 Å². The van der Waals surface area contributed by atoms with Gasteiger partial charge >= 0.3 is 11.9 Å². The first-order valence-corrected chi connectivity index (χ1v) is 15.4. The average Bonchev–Trinajstić information content (AvgIpc) is 3.28. The van der Waals surface area contributed by atoms with Gasteiger partial charge < -0.3 is 19.3 Å². The lowest BCUT2D eigenvalue weighted by Crippen LogP contribution is -2.48. The molecule has 4 fully saturated rings. The Kier molecular flexibility index (Phi) is 6.74. The SMILES string of the molecule is CN1[C@@H]2CC[C@H]1CC(OC(=O)[C@@H]1CC[C@](C(=O)OC3C[C@H]4CC[C@@H](C3)N4C)(c3ccccc3)c3ccccc31)C2. The topological polar surface area (TPSA) is 59.1 Å². The van der Waals surface area contributed by atoms with Crippen LogP contribution in [-0.4, -0.2) is 72.2 Å². The molecular weight excluding hydrogens is 500 g/mol. The van der Waals surface area contributed by atoms with E-state index in [1.54, 1.807) is 0 Å². The number of piperidine rings is 2. The van der Waals surface area contributed by atoms with E-state index in [1.807, 2.05) is 54.6 Å². The van der Waals surface area contributed by atoms with Crippen molar-refractivity contribution in [3.8, 4) is 0 Å². The predicted octanol–water partition coefficient (Wildman–Crippen LogP) is 5.19. The number of hydrogen-bond donors (Lipinski definition) is 0. The summed E-state index contributed by atoms with van der Waals surface area (Å²) < 4.78 is 12.7. The summed E-state index contributed by atoms with van der Waals surface area (Å²) >= 11 is 0. The molecule has 6 nitrogen and oxygen atoms in total. The highest BCUT2D eigenvalue weighted by Gasteiger charge is 2.52. The molecule has 212 valence electrons. The largest absolute Gasteiger partial charge is 0.462 e. The summed E-state index contributed by atoms with van der Waals surface area (Å²) in [7, 11) is 4.41. The second kappa shape index (κ2) is 10.3. The second-order valence-corrected chi connectivity index (χ2v) is 13.1. The van der Waals surface area contributed by atoms with Crippen LogP contribution >= 0.6 is 0 Å². The number of ether oxygens (including phenoxy) is 2. The molecule has 0 saturated carbocycles. The van der Waals surface area contributed by atoms with Crippen molar-refractivity contribution in [2.24, 2.45) is 0 Å². The number of benzene rings is 2. The maximum absolute atomic E-state index is 14.4. The first-order chi connectivity index (χ1) is 19.4. The van der Waals surface area contributed by atoms with Gasteiger partial charge in [0.05, 0.1) is 5.92 Å². The van der Waals surface area contributed by atoms with Crippen LogP contribution in [0.2, 0.25) is 0 Å². The summed E-state index contributed by atoms with van der Waals surface area (Å²) in [4.78, 5) is 33.1. The van der Waals surface area contributed by atoms with Gasteiger partial charge in [-0.05, 0) is 95.0 Å². The van der Waals surface area contributed by atoms with Crippen molar-refractivity contribution < 1.29 is 19.1 Å². The molecule has 2 aromatic carbocycles. The third kappa shape index (κ3) is 4.30. The zero-order chi connectivity index (χ0) is 27.4. The van der Waals surface area contributed by atoms with Gasteiger partial charge in [0.2, 0.25) is 0 Å². The number of carbonyl (C=O) groups excluding carboxylic acids is 2. The van der Waals surface area contributed by atoms with Crippen LogP contribution in [0.5, 0.6) is 0 Å². The molecule has 0 aromatic heterocycles. The van der Waals surface area contributed by atoms with Crippen molar-refractivity contribution in [2.75, 3.05) is 14.1 Å². The van der Waals surface area contributed by atoms with Crippen molar-refractivity contribution >= 4 is 11.9 Å². The fraction of sp³-hybridized carbons (Fsp3) is 0.588. The molecule has 0 N–H and O–H groups in total. The standard InChI is InChI=1S/C34H42N2O4/c1-35-23-12-13-24(35)19-27(18-23)39-32(37)30-16-17-34(22-8-4-3-5-9-22,31-11-7-6-10-29(30)31)33(38)40-28-20-25-14-15-26(21-28)36(25)2/h3-11,23-28,30H,12-21H2,1-2H3/t23-,24+,25-,26+,27?,28?,30-,34+/m1/s1. The van der Waals surface area contributed by atoms with Gasteiger partial charge in [0.25, 0.3) is 0 Å². The lowest BCUT2D eigenvalue weighted by molar-refractivity contribution is -0.160. The highest BCUT2D eigenvalue weighted by atomic mass is 16.5. The van der Waals surface area contributed by atoms with E-state index in [0.29, 0.717) is 37.0 Å². The summed E-state index contributed by atoms with van der Waals surface area (Å²) in [6.07, 6.45) is 9.44. The Hall–Kier alpha value is -2.70. The first kappa shape index (κ1) is 26.2. The zero-order valence-electron chi connectivity index (χ0n) is 23.8. The lowest BCUT2D eigenvalue weighted by atomic mass is 9.63.